The molecule has 0 saturated heterocycles. The first kappa shape index (κ1) is 14.4. The third-order valence-electron chi connectivity index (χ3n) is 3.07. The molecule has 0 saturated carbocycles. The summed E-state index contributed by atoms with van der Waals surface area (Å²) in [6, 6.07) is 14.6. The average molecular weight is 292 g/mol. The predicted octanol–water partition coefficient (Wildman–Crippen LogP) is 4.66. The molecule has 2 rings (SSSR count). The minimum atomic E-state index is 0.801. The number of rotatable bonds is 5. The van der Waals surface area contributed by atoms with E-state index in [1.807, 2.05) is 30.9 Å². The highest BCUT2D eigenvalue weighted by atomic mass is 35.5. The van der Waals surface area contributed by atoms with Gasteiger partial charge in [0.05, 0.1) is 0 Å². The van der Waals surface area contributed by atoms with E-state index in [9.17, 15) is 0 Å². The van der Waals surface area contributed by atoms with Gasteiger partial charge in [0, 0.05) is 22.2 Å². The summed E-state index contributed by atoms with van der Waals surface area (Å²) in [4.78, 5) is 1.25. The molecule has 0 heterocycles. The fourth-order valence-corrected chi connectivity index (χ4v) is 3.41. The maximum Gasteiger partial charge on any atom is 0.0462 e. The van der Waals surface area contributed by atoms with Gasteiger partial charge in [0.1, 0.15) is 0 Å². The summed E-state index contributed by atoms with van der Waals surface area (Å²) < 4.78 is 0. The van der Waals surface area contributed by atoms with Gasteiger partial charge in [-0.25, -0.2) is 0 Å². The van der Waals surface area contributed by atoms with Gasteiger partial charge in [-0.05, 0) is 42.8 Å². The zero-order chi connectivity index (χ0) is 13.7. The van der Waals surface area contributed by atoms with E-state index < -0.39 is 0 Å². The van der Waals surface area contributed by atoms with Crippen LogP contribution in [0.4, 0.5) is 0 Å². The van der Waals surface area contributed by atoms with Crippen LogP contribution in [-0.4, -0.2) is 7.05 Å². The van der Waals surface area contributed by atoms with Crippen molar-refractivity contribution in [2.75, 3.05) is 7.05 Å². The van der Waals surface area contributed by atoms with Gasteiger partial charge in [-0.2, -0.15) is 0 Å². The summed E-state index contributed by atoms with van der Waals surface area (Å²) in [7, 11) is 1.94. The van der Waals surface area contributed by atoms with Crippen molar-refractivity contribution in [3.8, 4) is 0 Å². The van der Waals surface area contributed by atoms with E-state index in [0.29, 0.717) is 0 Å². The molecule has 100 valence electrons. The highest BCUT2D eigenvalue weighted by molar-refractivity contribution is 7.98. The minimum Gasteiger partial charge on any atom is -0.316 e. The van der Waals surface area contributed by atoms with Gasteiger partial charge >= 0.3 is 0 Å². The molecule has 0 aliphatic rings. The predicted molar refractivity (Wildman–Crippen MR) is 85.0 cm³/mol. The van der Waals surface area contributed by atoms with Gasteiger partial charge in [-0.15, -0.1) is 11.8 Å². The van der Waals surface area contributed by atoms with E-state index in [-0.39, 0.29) is 0 Å². The number of nitrogens with one attached hydrogen (secondary N) is 1. The Labute approximate surface area is 124 Å². The van der Waals surface area contributed by atoms with Gasteiger partial charge in [-0.1, -0.05) is 41.9 Å². The van der Waals surface area contributed by atoms with Gasteiger partial charge in [0.15, 0.2) is 0 Å². The van der Waals surface area contributed by atoms with Crippen molar-refractivity contribution < 1.29 is 0 Å². The molecule has 0 aliphatic heterocycles. The van der Waals surface area contributed by atoms with Gasteiger partial charge in [-0.3, -0.25) is 0 Å². The van der Waals surface area contributed by atoms with Crippen LogP contribution in [0.3, 0.4) is 0 Å². The fourth-order valence-electron chi connectivity index (χ4n) is 1.95. The van der Waals surface area contributed by atoms with Crippen LogP contribution in [-0.2, 0) is 12.3 Å². The smallest absolute Gasteiger partial charge is 0.0462 e. The molecule has 0 spiro atoms. The second-order valence-corrected chi connectivity index (χ2v) is 5.89. The van der Waals surface area contributed by atoms with Crippen LogP contribution in [0.1, 0.15) is 16.7 Å². The van der Waals surface area contributed by atoms with Crippen molar-refractivity contribution in [1.29, 1.82) is 0 Å². The van der Waals surface area contributed by atoms with Crippen molar-refractivity contribution in [3.05, 3.63) is 64.2 Å². The zero-order valence-corrected chi connectivity index (χ0v) is 12.8. The lowest BCUT2D eigenvalue weighted by Crippen LogP contribution is -2.06. The Bertz CT molecular complexity index is 554. The summed E-state index contributed by atoms with van der Waals surface area (Å²) in [5.74, 6) is 0.976. The largest absolute Gasteiger partial charge is 0.316 e. The summed E-state index contributed by atoms with van der Waals surface area (Å²) in [6.45, 7) is 2.96. The fraction of sp³-hybridized carbons (Fsp3) is 0.250. The van der Waals surface area contributed by atoms with Crippen molar-refractivity contribution in [2.24, 2.45) is 0 Å². The number of thioether (sulfide) groups is 1. The molecule has 0 aromatic heterocycles. The molecule has 2 aromatic carbocycles. The SMILES string of the molecule is CNCc1c(Cl)cccc1SCc1ccccc1C. The lowest BCUT2D eigenvalue weighted by atomic mass is 10.1. The van der Waals surface area contributed by atoms with Crippen molar-refractivity contribution in [1.82, 2.24) is 5.32 Å². The Balaban J connectivity index is 2.16. The van der Waals surface area contributed by atoms with E-state index in [1.165, 1.54) is 21.6 Å². The first-order valence-corrected chi connectivity index (χ1v) is 7.68. The Kier molecular flexibility index (Phi) is 5.32. The van der Waals surface area contributed by atoms with Crippen LogP contribution < -0.4 is 5.32 Å². The molecule has 0 atom stereocenters. The first-order chi connectivity index (χ1) is 9.22. The lowest BCUT2D eigenvalue weighted by Gasteiger charge is -2.11. The second kappa shape index (κ2) is 6.99. The van der Waals surface area contributed by atoms with Gasteiger partial charge in [0.2, 0.25) is 0 Å². The summed E-state index contributed by atoms with van der Waals surface area (Å²) in [5, 5.41) is 4.01. The van der Waals surface area contributed by atoms with E-state index in [0.717, 1.165) is 17.3 Å². The second-order valence-electron chi connectivity index (χ2n) is 4.46. The van der Waals surface area contributed by atoms with E-state index in [1.54, 1.807) is 0 Å². The van der Waals surface area contributed by atoms with Gasteiger partial charge in [0.25, 0.3) is 0 Å². The third-order valence-corrected chi connectivity index (χ3v) is 4.58. The Morgan fingerprint density at radius 1 is 1.11 bits per heavy atom. The molecule has 0 bridgehead atoms. The molecule has 1 N–H and O–H groups in total. The highest BCUT2D eigenvalue weighted by Gasteiger charge is 2.07. The van der Waals surface area contributed by atoms with Crippen molar-refractivity contribution >= 4 is 23.4 Å². The highest BCUT2D eigenvalue weighted by Crippen LogP contribution is 2.31. The number of aryl methyl sites for hydroxylation is 1. The quantitative estimate of drug-likeness (QED) is 0.804. The summed E-state index contributed by atoms with van der Waals surface area (Å²) >= 11 is 8.11. The van der Waals surface area contributed by atoms with E-state index in [2.05, 4.69) is 42.6 Å². The number of benzene rings is 2. The normalized spacial score (nSPS) is 10.7. The van der Waals surface area contributed by atoms with Crippen LogP contribution in [0, 0.1) is 6.92 Å². The van der Waals surface area contributed by atoms with E-state index in [4.69, 9.17) is 11.6 Å². The van der Waals surface area contributed by atoms with E-state index >= 15 is 0 Å². The Morgan fingerprint density at radius 3 is 2.63 bits per heavy atom. The molecule has 0 amide bonds. The molecule has 0 unspecified atom stereocenters. The summed E-state index contributed by atoms with van der Waals surface area (Å²) in [6.07, 6.45) is 0. The number of halogens is 1. The monoisotopic (exact) mass is 291 g/mol. The van der Waals surface area contributed by atoms with Crippen molar-refractivity contribution in [3.63, 3.8) is 0 Å². The third kappa shape index (κ3) is 3.75. The van der Waals surface area contributed by atoms with Crippen LogP contribution in [0.15, 0.2) is 47.4 Å². The standard InChI is InChI=1S/C16H18ClNS/c1-12-6-3-4-7-13(12)11-19-16-9-5-8-15(17)14(16)10-18-2/h3-9,18H,10-11H2,1-2H3. The molecule has 3 heteroatoms. The Hall–Kier alpha value is -0.960. The molecule has 19 heavy (non-hydrogen) atoms. The summed E-state index contributed by atoms with van der Waals surface area (Å²) in [5.41, 5.74) is 3.90. The number of hydrogen-bond donors (Lipinski definition) is 1. The van der Waals surface area contributed by atoms with Gasteiger partial charge < -0.3 is 5.32 Å². The topological polar surface area (TPSA) is 12.0 Å². The number of hydrogen-bond acceptors (Lipinski definition) is 2. The van der Waals surface area contributed by atoms with Crippen LogP contribution in [0.2, 0.25) is 5.02 Å². The average Bonchev–Trinajstić information content (AvgIpc) is 2.41. The molecule has 0 radical (unpaired) electrons. The van der Waals surface area contributed by atoms with Crippen LogP contribution in [0.25, 0.3) is 0 Å². The molecular formula is C16H18ClNS. The molecule has 2 aromatic rings. The molecule has 0 fully saturated rings. The first-order valence-electron chi connectivity index (χ1n) is 6.31. The van der Waals surface area contributed by atoms with Crippen LogP contribution >= 0.6 is 23.4 Å². The lowest BCUT2D eigenvalue weighted by molar-refractivity contribution is 0.803. The molecule has 0 aliphatic carbocycles. The maximum atomic E-state index is 6.27. The molecular weight excluding hydrogens is 274 g/mol. The minimum absolute atomic E-state index is 0.801. The van der Waals surface area contributed by atoms with Crippen molar-refractivity contribution in [2.45, 2.75) is 24.1 Å². The zero-order valence-electron chi connectivity index (χ0n) is 11.2. The Morgan fingerprint density at radius 2 is 1.89 bits per heavy atom. The molecule has 1 nitrogen and oxygen atoms in total. The maximum absolute atomic E-state index is 6.27. The van der Waals surface area contributed by atoms with Crippen LogP contribution in [0.5, 0.6) is 0 Å².